The summed E-state index contributed by atoms with van der Waals surface area (Å²) in [6.07, 6.45) is -3.01. The molecule has 0 atom stereocenters. The van der Waals surface area contributed by atoms with Gasteiger partial charge in [-0.1, -0.05) is 0 Å². The molecule has 4 heterocycles. The van der Waals surface area contributed by atoms with E-state index in [0.29, 0.717) is 48.9 Å². The Balaban J connectivity index is 1.65. The molecule has 0 unspecified atom stereocenters. The quantitative estimate of drug-likeness (QED) is 0.650. The number of piperazine rings is 1. The smallest absolute Gasteiger partial charge is 0.352 e. The standard InChI is InChI=1S/C18H17F3N8/c1-11-12(2)15(26-29-14(11)24-25-17(29)18(19,20)21)27-6-8-28(9-7-27)16-13(10-22)4-3-5-23-16/h3-5H,6-9H2,1-2H3. The average Bonchev–Trinajstić information content (AvgIpc) is 3.15. The summed E-state index contributed by atoms with van der Waals surface area (Å²) in [6.45, 7) is 5.73. The van der Waals surface area contributed by atoms with Crippen molar-refractivity contribution in [1.82, 2.24) is 24.8 Å². The number of nitriles is 1. The van der Waals surface area contributed by atoms with Gasteiger partial charge in [-0.05, 0) is 26.0 Å². The molecule has 0 bridgehead atoms. The van der Waals surface area contributed by atoms with Crippen molar-refractivity contribution in [1.29, 1.82) is 5.26 Å². The molecule has 29 heavy (non-hydrogen) atoms. The monoisotopic (exact) mass is 402 g/mol. The van der Waals surface area contributed by atoms with Crippen molar-refractivity contribution in [2.75, 3.05) is 36.0 Å². The summed E-state index contributed by atoms with van der Waals surface area (Å²) in [5, 5.41) is 20.5. The maximum absolute atomic E-state index is 13.3. The van der Waals surface area contributed by atoms with Gasteiger partial charge in [0.25, 0.3) is 5.82 Å². The fourth-order valence-electron chi connectivity index (χ4n) is 3.46. The SMILES string of the molecule is Cc1c(N2CCN(c3ncccc3C#N)CC2)nn2c(C(F)(F)F)nnc2c1C. The van der Waals surface area contributed by atoms with Crippen LogP contribution in [0.4, 0.5) is 24.8 Å². The number of rotatable bonds is 2. The molecule has 3 aromatic rings. The number of hydrogen-bond donors (Lipinski definition) is 0. The molecule has 0 spiro atoms. The lowest BCUT2D eigenvalue weighted by atomic mass is 10.1. The van der Waals surface area contributed by atoms with Crippen molar-refractivity contribution in [2.24, 2.45) is 0 Å². The largest absolute Gasteiger partial charge is 0.453 e. The van der Waals surface area contributed by atoms with E-state index in [9.17, 15) is 18.4 Å². The van der Waals surface area contributed by atoms with Gasteiger partial charge < -0.3 is 9.80 Å². The maximum Gasteiger partial charge on any atom is 0.453 e. The van der Waals surface area contributed by atoms with Crippen molar-refractivity contribution in [3.05, 3.63) is 40.8 Å². The molecule has 1 fully saturated rings. The Hall–Kier alpha value is -3.42. The zero-order valence-corrected chi connectivity index (χ0v) is 15.8. The number of alkyl halides is 3. The second kappa shape index (κ2) is 6.88. The molecule has 0 aliphatic carbocycles. The highest BCUT2D eigenvalue weighted by atomic mass is 19.4. The van der Waals surface area contributed by atoms with Crippen molar-refractivity contribution in [3.63, 3.8) is 0 Å². The summed E-state index contributed by atoms with van der Waals surface area (Å²) < 4.78 is 40.5. The van der Waals surface area contributed by atoms with Crippen LogP contribution in [-0.2, 0) is 6.18 Å². The highest BCUT2D eigenvalue weighted by molar-refractivity contribution is 5.60. The Kier molecular flexibility index (Phi) is 4.49. The van der Waals surface area contributed by atoms with Gasteiger partial charge in [0, 0.05) is 43.5 Å². The number of fused-ring (bicyclic) bond motifs is 1. The first-order chi connectivity index (χ1) is 13.8. The number of nitrogens with zero attached hydrogens (tertiary/aromatic N) is 8. The molecule has 0 amide bonds. The van der Waals surface area contributed by atoms with Crippen LogP contribution in [0.25, 0.3) is 5.65 Å². The van der Waals surface area contributed by atoms with E-state index in [4.69, 9.17) is 0 Å². The molecule has 1 saturated heterocycles. The van der Waals surface area contributed by atoms with E-state index in [-0.39, 0.29) is 5.65 Å². The van der Waals surface area contributed by atoms with Crippen molar-refractivity contribution < 1.29 is 13.2 Å². The molecule has 1 aliphatic rings. The molecule has 4 rings (SSSR count). The van der Waals surface area contributed by atoms with Gasteiger partial charge in [0.15, 0.2) is 11.5 Å². The Morgan fingerprint density at radius 1 is 1.00 bits per heavy atom. The summed E-state index contributed by atoms with van der Waals surface area (Å²) in [6, 6.07) is 5.56. The van der Waals surface area contributed by atoms with Crippen molar-refractivity contribution in [2.45, 2.75) is 20.0 Å². The molecule has 0 radical (unpaired) electrons. The molecule has 150 valence electrons. The second-order valence-electron chi connectivity index (χ2n) is 6.79. The van der Waals surface area contributed by atoms with Crippen LogP contribution in [0.5, 0.6) is 0 Å². The van der Waals surface area contributed by atoms with Crippen LogP contribution >= 0.6 is 0 Å². The number of aromatic nitrogens is 5. The van der Waals surface area contributed by atoms with Crippen LogP contribution in [0.1, 0.15) is 22.5 Å². The predicted octanol–water partition coefficient (Wildman–Crippen LogP) is 2.35. The molecule has 0 saturated carbocycles. The molecular weight excluding hydrogens is 385 g/mol. The third kappa shape index (κ3) is 3.20. The first kappa shape index (κ1) is 18.9. The van der Waals surface area contributed by atoms with Gasteiger partial charge in [-0.2, -0.15) is 22.9 Å². The summed E-state index contributed by atoms with van der Waals surface area (Å²) in [5.74, 6) is -0.0479. The van der Waals surface area contributed by atoms with Gasteiger partial charge in [0.1, 0.15) is 11.9 Å². The zero-order valence-electron chi connectivity index (χ0n) is 15.8. The van der Waals surface area contributed by atoms with E-state index in [1.165, 1.54) is 0 Å². The lowest BCUT2D eigenvalue weighted by Crippen LogP contribution is -2.47. The number of hydrogen-bond acceptors (Lipinski definition) is 7. The van der Waals surface area contributed by atoms with Gasteiger partial charge in [-0.3, -0.25) is 0 Å². The molecule has 11 heteroatoms. The lowest BCUT2D eigenvalue weighted by Gasteiger charge is -2.37. The normalized spacial score (nSPS) is 15.0. The van der Waals surface area contributed by atoms with Gasteiger partial charge in [0.05, 0.1) is 5.56 Å². The van der Waals surface area contributed by atoms with E-state index in [1.807, 2.05) is 16.7 Å². The summed E-state index contributed by atoms with van der Waals surface area (Å²) in [4.78, 5) is 8.23. The number of halogens is 3. The van der Waals surface area contributed by atoms with Crippen LogP contribution in [0, 0.1) is 25.2 Å². The van der Waals surface area contributed by atoms with Gasteiger partial charge in [-0.15, -0.1) is 15.3 Å². The molecular formula is C18H17F3N8. The third-order valence-corrected chi connectivity index (χ3v) is 5.11. The van der Waals surface area contributed by atoms with Gasteiger partial charge >= 0.3 is 6.18 Å². The van der Waals surface area contributed by atoms with Crippen molar-refractivity contribution in [3.8, 4) is 6.07 Å². The predicted molar refractivity (Wildman–Crippen MR) is 98.6 cm³/mol. The number of pyridine rings is 1. The molecule has 1 aliphatic heterocycles. The first-order valence-corrected chi connectivity index (χ1v) is 8.96. The Morgan fingerprint density at radius 2 is 1.66 bits per heavy atom. The minimum Gasteiger partial charge on any atom is -0.352 e. The minimum atomic E-state index is -4.64. The first-order valence-electron chi connectivity index (χ1n) is 8.96. The van der Waals surface area contributed by atoms with Gasteiger partial charge in [0.2, 0.25) is 0 Å². The van der Waals surface area contributed by atoms with Crippen LogP contribution in [0.3, 0.4) is 0 Å². The summed E-state index contributed by atoms with van der Waals surface area (Å²) in [5.41, 5.74) is 1.97. The zero-order chi connectivity index (χ0) is 20.8. The average molecular weight is 402 g/mol. The highest BCUT2D eigenvalue weighted by Crippen LogP contribution is 2.31. The minimum absolute atomic E-state index is 0.101. The number of anilines is 2. The Labute approximate surface area is 164 Å². The highest BCUT2D eigenvalue weighted by Gasteiger charge is 2.38. The fraction of sp³-hybridized carbons (Fsp3) is 0.389. The van der Waals surface area contributed by atoms with E-state index < -0.39 is 12.0 Å². The Morgan fingerprint density at radius 3 is 2.28 bits per heavy atom. The molecule has 8 nitrogen and oxygen atoms in total. The van der Waals surface area contributed by atoms with Crippen LogP contribution in [0.15, 0.2) is 18.3 Å². The molecule has 0 N–H and O–H groups in total. The van der Waals surface area contributed by atoms with Crippen LogP contribution < -0.4 is 9.80 Å². The molecule has 0 aromatic carbocycles. The van der Waals surface area contributed by atoms with Crippen LogP contribution in [-0.4, -0.2) is 51.0 Å². The lowest BCUT2D eigenvalue weighted by molar-refractivity contribution is -0.146. The van der Waals surface area contributed by atoms with E-state index >= 15 is 0 Å². The maximum atomic E-state index is 13.3. The van der Waals surface area contributed by atoms with Crippen molar-refractivity contribution >= 4 is 17.3 Å². The van der Waals surface area contributed by atoms with Gasteiger partial charge in [-0.25, -0.2) is 4.98 Å². The fourth-order valence-corrected chi connectivity index (χ4v) is 3.46. The number of aryl methyl sites for hydroxylation is 1. The van der Waals surface area contributed by atoms with E-state index in [1.54, 1.807) is 25.3 Å². The van der Waals surface area contributed by atoms with Crippen LogP contribution in [0.2, 0.25) is 0 Å². The third-order valence-electron chi connectivity index (χ3n) is 5.11. The van der Waals surface area contributed by atoms with E-state index in [0.717, 1.165) is 10.1 Å². The molecule has 3 aromatic heterocycles. The summed E-state index contributed by atoms with van der Waals surface area (Å²) >= 11 is 0. The summed E-state index contributed by atoms with van der Waals surface area (Å²) in [7, 11) is 0. The Bertz CT molecular complexity index is 1110. The second-order valence-corrected chi connectivity index (χ2v) is 6.79. The van der Waals surface area contributed by atoms with E-state index in [2.05, 4.69) is 26.3 Å². The topological polar surface area (TPSA) is 86.2 Å².